The van der Waals surface area contributed by atoms with E-state index in [9.17, 15) is 4.39 Å². The van der Waals surface area contributed by atoms with E-state index in [4.69, 9.17) is 10.5 Å². The fourth-order valence-electron chi connectivity index (χ4n) is 3.43. The molecule has 1 saturated heterocycles. The van der Waals surface area contributed by atoms with Crippen molar-refractivity contribution < 1.29 is 9.13 Å². The summed E-state index contributed by atoms with van der Waals surface area (Å²) in [6.07, 6.45) is 2.44. The van der Waals surface area contributed by atoms with E-state index in [0.717, 1.165) is 25.6 Å². The maximum absolute atomic E-state index is 13.4. The third-order valence-corrected chi connectivity index (χ3v) is 4.49. The molecule has 20 heavy (non-hydrogen) atoms. The summed E-state index contributed by atoms with van der Waals surface area (Å²) < 4.78 is 18.9. The summed E-state index contributed by atoms with van der Waals surface area (Å²) in [7, 11) is 0. The third-order valence-electron chi connectivity index (χ3n) is 4.49. The molecule has 112 valence electrons. The Kier molecular flexibility index (Phi) is 5.24. The molecule has 2 N–H and O–H groups in total. The average Bonchev–Trinajstić information content (AvgIpc) is 2.95. The second-order valence-electron chi connectivity index (χ2n) is 5.70. The molecule has 0 radical (unpaired) electrons. The van der Waals surface area contributed by atoms with Gasteiger partial charge in [0, 0.05) is 25.7 Å². The number of para-hydroxylation sites is 1. The van der Waals surface area contributed by atoms with Crippen molar-refractivity contribution in [2.45, 2.75) is 18.9 Å². The van der Waals surface area contributed by atoms with Gasteiger partial charge >= 0.3 is 0 Å². The lowest BCUT2D eigenvalue weighted by Gasteiger charge is -2.18. The second-order valence-corrected chi connectivity index (χ2v) is 5.70. The van der Waals surface area contributed by atoms with Crippen molar-refractivity contribution in [3.05, 3.63) is 30.1 Å². The van der Waals surface area contributed by atoms with Gasteiger partial charge in [0.15, 0.2) is 11.6 Å². The maximum atomic E-state index is 13.4. The van der Waals surface area contributed by atoms with Gasteiger partial charge in [0.2, 0.25) is 0 Å². The van der Waals surface area contributed by atoms with Crippen LogP contribution in [0, 0.1) is 17.7 Å². The summed E-state index contributed by atoms with van der Waals surface area (Å²) in [5, 5.41) is 0. The van der Waals surface area contributed by atoms with Crippen molar-refractivity contribution in [1.29, 1.82) is 0 Å². The van der Waals surface area contributed by atoms with E-state index in [1.165, 1.54) is 18.9 Å². The van der Waals surface area contributed by atoms with Crippen LogP contribution in [0.15, 0.2) is 24.3 Å². The van der Waals surface area contributed by atoms with Crippen molar-refractivity contribution in [2.24, 2.45) is 17.6 Å². The number of likely N-dealkylation sites (tertiary alicyclic amines) is 1. The summed E-state index contributed by atoms with van der Waals surface area (Å²) in [4.78, 5) is 2.40. The molecular formula is C15H22ClFN2O. The van der Waals surface area contributed by atoms with Gasteiger partial charge in [-0.15, -0.1) is 12.4 Å². The fraction of sp³-hybridized carbons (Fsp3) is 0.600. The van der Waals surface area contributed by atoms with E-state index in [-0.39, 0.29) is 18.2 Å². The molecule has 3 rings (SSSR count). The SMILES string of the molecule is Cl.NC1CCC2CN(CCOc3ccccc3F)CC12. The number of nitrogens with two attached hydrogens (primary N) is 1. The molecule has 1 aliphatic carbocycles. The van der Waals surface area contributed by atoms with Crippen LogP contribution in [-0.2, 0) is 0 Å². The Morgan fingerprint density at radius 3 is 2.80 bits per heavy atom. The Bertz CT molecular complexity index is 446. The lowest BCUT2D eigenvalue weighted by atomic mass is 9.98. The van der Waals surface area contributed by atoms with Crippen molar-refractivity contribution in [1.82, 2.24) is 4.90 Å². The molecule has 1 heterocycles. The molecule has 1 aromatic carbocycles. The average molecular weight is 301 g/mol. The Hall–Kier alpha value is -0.840. The zero-order valence-corrected chi connectivity index (χ0v) is 12.3. The summed E-state index contributed by atoms with van der Waals surface area (Å²) >= 11 is 0. The smallest absolute Gasteiger partial charge is 0.165 e. The van der Waals surface area contributed by atoms with E-state index in [1.54, 1.807) is 18.2 Å². The zero-order chi connectivity index (χ0) is 13.2. The minimum absolute atomic E-state index is 0. The van der Waals surface area contributed by atoms with E-state index in [0.29, 0.717) is 24.3 Å². The number of halogens is 2. The first-order chi connectivity index (χ1) is 9.24. The van der Waals surface area contributed by atoms with Gasteiger partial charge in [0.05, 0.1) is 0 Å². The zero-order valence-electron chi connectivity index (χ0n) is 11.5. The standard InChI is InChI=1S/C15H21FN2O.ClH/c16-13-3-1-2-4-15(13)19-8-7-18-9-11-5-6-14(17)12(11)10-18;/h1-4,11-12,14H,5-10,17H2;1H. The lowest BCUT2D eigenvalue weighted by Crippen LogP contribution is -2.32. The Labute approximate surface area is 125 Å². The van der Waals surface area contributed by atoms with Gasteiger partial charge in [0.25, 0.3) is 0 Å². The molecule has 0 aromatic heterocycles. The van der Waals surface area contributed by atoms with Crippen LogP contribution in [-0.4, -0.2) is 37.2 Å². The van der Waals surface area contributed by atoms with Crippen molar-refractivity contribution in [3.8, 4) is 5.75 Å². The molecule has 1 aromatic rings. The van der Waals surface area contributed by atoms with Crippen LogP contribution in [0.5, 0.6) is 5.75 Å². The van der Waals surface area contributed by atoms with Crippen LogP contribution in [0.25, 0.3) is 0 Å². The van der Waals surface area contributed by atoms with E-state index in [2.05, 4.69) is 4.90 Å². The minimum Gasteiger partial charge on any atom is -0.489 e. The summed E-state index contributed by atoms with van der Waals surface area (Å²) in [6.45, 7) is 3.59. The molecular weight excluding hydrogens is 279 g/mol. The van der Waals surface area contributed by atoms with Gasteiger partial charge in [0.1, 0.15) is 6.61 Å². The van der Waals surface area contributed by atoms with Crippen LogP contribution in [0.3, 0.4) is 0 Å². The van der Waals surface area contributed by atoms with Crippen LogP contribution < -0.4 is 10.5 Å². The number of ether oxygens (including phenoxy) is 1. The molecule has 2 aliphatic rings. The largest absolute Gasteiger partial charge is 0.489 e. The number of rotatable bonds is 4. The molecule has 5 heteroatoms. The molecule has 1 aliphatic heterocycles. The third kappa shape index (κ3) is 3.25. The first kappa shape index (κ1) is 15.5. The monoisotopic (exact) mass is 300 g/mol. The Balaban J connectivity index is 0.00000147. The first-order valence-corrected chi connectivity index (χ1v) is 7.09. The molecule has 3 unspecified atom stereocenters. The normalized spacial score (nSPS) is 29.0. The van der Waals surface area contributed by atoms with Crippen molar-refractivity contribution in [2.75, 3.05) is 26.2 Å². The second kappa shape index (κ2) is 6.74. The van der Waals surface area contributed by atoms with Crippen LogP contribution in [0.2, 0.25) is 0 Å². The van der Waals surface area contributed by atoms with Gasteiger partial charge in [-0.25, -0.2) is 4.39 Å². The molecule has 0 amide bonds. The molecule has 2 fully saturated rings. The predicted octanol–water partition coefficient (Wildman–Crippen LogP) is 2.30. The van der Waals surface area contributed by atoms with Gasteiger partial charge in [-0.2, -0.15) is 0 Å². The molecule has 3 atom stereocenters. The van der Waals surface area contributed by atoms with Crippen molar-refractivity contribution in [3.63, 3.8) is 0 Å². The van der Waals surface area contributed by atoms with Crippen LogP contribution >= 0.6 is 12.4 Å². The molecule has 0 spiro atoms. The van der Waals surface area contributed by atoms with Gasteiger partial charge in [-0.3, -0.25) is 4.90 Å². The van der Waals surface area contributed by atoms with E-state index >= 15 is 0 Å². The highest BCUT2D eigenvalue weighted by Crippen LogP contribution is 2.36. The summed E-state index contributed by atoms with van der Waals surface area (Å²) in [5.41, 5.74) is 6.11. The number of hydrogen-bond acceptors (Lipinski definition) is 3. The molecule has 1 saturated carbocycles. The highest BCUT2D eigenvalue weighted by atomic mass is 35.5. The minimum atomic E-state index is -0.289. The highest BCUT2D eigenvalue weighted by Gasteiger charge is 2.40. The first-order valence-electron chi connectivity index (χ1n) is 7.09. The summed E-state index contributed by atoms with van der Waals surface area (Å²) in [5.74, 6) is 1.48. The Morgan fingerprint density at radius 2 is 2.05 bits per heavy atom. The fourth-order valence-corrected chi connectivity index (χ4v) is 3.43. The quantitative estimate of drug-likeness (QED) is 0.927. The molecule has 0 bridgehead atoms. The van der Waals surface area contributed by atoms with E-state index in [1.807, 2.05) is 0 Å². The van der Waals surface area contributed by atoms with Crippen molar-refractivity contribution >= 4 is 12.4 Å². The lowest BCUT2D eigenvalue weighted by molar-refractivity contribution is 0.220. The van der Waals surface area contributed by atoms with E-state index < -0.39 is 0 Å². The number of hydrogen-bond donors (Lipinski definition) is 1. The van der Waals surface area contributed by atoms with Crippen LogP contribution in [0.1, 0.15) is 12.8 Å². The van der Waals surface area contributed by atoms with Gasteiger partial charge in [-0.05, 0) is 36.8 Å². The maximum Gasteiger partial charge on any atom is 0.165 e. The molecule has 3 nitrogen and oxygen atoms in total. The number of nitrogens with zero attached hydrogens (tertiary/aromatic N) is 1. The predicted molar refractivity (Wildman–Crippen MR) is 79.8 cm³/mol. The Morgan fingerprint density at radius 1 is 1.25 bits per heavy atom. The summed E-state index contributed by atoms with van der Waals surface area (Å²) in [6, 6.07) is 6.93. The number of fused-ring (bicyclic) bond motifs is 1. The van der Waals surface area contributed by atoms with Crippen LogP contribution in [0.4, 0.5) is 4.39 Å². The highest BCUT2D eigenvalue weighted by molar-refractivity contribution is 5.85. The van der Waals surface area contributed by atoms with Gasteiger partial charge in [-0.1, -0.05) is 12.1 Å². The van der Waals surface area contributed by atoms with Gasteiger partial charge < -0.3 is 10.5 Å². The number of benzene rings is 1. The topological polar surface area (TPSA) is 38.5 Å².